The van der Waals surface area contributed by atoms with Crippen LogP contribution in [0.5, 0.6) is 0 Å². The lowest BCUT2D eigenvalue weighted by Crippen LogP contribution is -2.42. The molecule has 1 aromatic rings. The molecule has 0 bridgehead atoms. The number of ether oxygens (including phenoxy) is 1. The van der Waals surface area contributed by atoms with E-state index in [4.69, 9.17) is 10.5 Å². The van der Waals surface area contributed by atoms with E-state index >= 15 is 0 Å². The van der Waals surface area contributed by atoms with Gasteiger partial charge in [-0.2, -0.15) is 11.8 Å². The highest BCUT2D eigenvalue weighted by molar-refractivity contribution is 9.10. The highest BCUT2D eigenvalue weighted by Gasteiger charge is 2.42. The summed E-state index contributed by atoms with van der Waals surface area (Å²) in [6.07, 6.45) is 3.40. The van der Waals surface area contributed by atoms with Crippen LogP contribution < -0.4 is 5.73 Å². The standard InChI is InChI=1S/C16H22BrNOS/c1-11-8-12(2-3-14(11)17)15(18)13-4-6-19-16(9-13)5-7-20-10-16/h2-3,8,13,15H,4-7,9-10,18H2,1H3. The number of rotatable bonds is 2. The molecule has 0 radical (unpaired) electrons. The van der Waals surface area contributed by atoms with Gasteiger partial charge in [0.1, 0.15) is 0 Å². The Hall–Kier alpha value is -0.0300. The first-order valence-corrected chi connectivity index (χ1v) is 9.28. The van der Waals surface area contributed by atoms with E-state index in [1.165, 1.54) is 23.3 Å². The van der Waals surface area contributed by atoms with Crippen LogP contribution in [0.2, 0.25) is 0 Å². The quantitative estimate of drug-likeness (QED) is 0.868. The summed E-state index contributed by atoms with van der Waals surface area (Å²) in [5.41, 5.74) is 9.21. The molecule has 1 spiro atoms. The third-order valence-corrected chi connectivity index (χ3v) is 6.79. The first-order chi connectivity index (χ1) is 9.60. The van der Waals surface area contributed by atoms with Crippen molar-refractivity contribution in [3.05, 3.63) is 33.8 Å². The lowest BCUT2D eigenvalue weighted by atomic mass is 9.79. The second kappa shape index (κ2) is 5.99. The van der Waals surface area contributed by atoms with Gasteiger partial charge in [0.25, 0.3) is 0 Å². The molecule has 2 nitrogen and oxygen atoms in total. The zero-order valence-electron chi connectivity index (χ0n) is 11.9. The molecule has 2 heterocycles. The van der Waals surface area contributed by atoms with E-state index in [0.29, 0.717) is 5.92 Å². The molecule has 2 saturated heterocycles. The zero-order chi connectivity index (χ0) is 14.2. The predicted molar refractivity (Wildman–Crippen MR) is 89.2 cm³/mol. The van der Waals surface area contributed by atoms with Crippen LogP contribution in [0.25, 0.3) is 0 Å². The molecule has 0 aromatic heterocycles. The molecule has 2 N–H and O–H groups in total. The summed E-state index contributed by atoms with van der Waals surface area (Å²) in [5.74, 6) is 2.93. The molecule has 2 aliphatic heterocycles. The van der Waals surface area contributed by atoms with Crippen LogP contribution in [0.1, 0.15) is 36.4 Å². The minimum atomic E-state index is 0.121. The predicted octanol–water partition coefficient (Wildman–Crippen LogP) is 4.06. The molecule has 3 atom stereocenters. The highest BCUT2D eigenvalue weighted by atomic mass is 79.9. The second-order valence-corrected chi connectivity index (χ2v) is 8.08. The van der Waals surface area contributed by atoms with Gasteiger partial charge in [-0.1, -0.05) is 28.1 Å². The lowest BCUT2D eigenvalue weighted by Gasteiger charge is -2.40. The Morgan fingerprint density at radius 3 is 3.05 bits per heavy atom. The van der Waals surface area contributed by atoms with Crippen LogP contribution in [-0.2, 0) is 4.74 Å². The van der Waals surface area contributed by atoms with E-state index in [1.54, 1.807) is 0 Å². The fraction of sp³-hybridized carbons (Fsp3) is 0.625. The van der Waals surface area contributed by atoms with Gasteiger partial charge in [-0.15, -0.1) is 0 Å². The van der Waals surface area contributed by atoms with E-state index in [2.05, 4.69) is 41.1 Å². The van der Waals surface area contributed by atoms with Crippen molar-refractivity contribution in [2.75, 3.05) is 18.1 Å². The monoisotopic (exact) mass is 355 g/mol. The molecule has 0 saturated carbocycles. The largest absolute Gasteiger partial charge is 0.374 e. The summed E-state index contributed by atoms with van der Waals surface area (Å²) in [6.45, 7) is 2.99. The SMILES string of the molecule is Cc1cc(C(N)C2CCOC3(CCSC3)C2)ccc1Br. The Morgan fingerprint density at radius 1 is 1.50 bits per heavy atom. The third kappa shape index (κ3) is 2.94. The van der Waals surface area contributed by atoms with Gasteiger partial charge in [-0.05, 0) is 55.1 Å². The molecule has 0 aliphatic carbocycles. The number of nitrogens with two attached hydrogens (primary N) is 1. The average Bonchev–Trinajstić information content (AvgIpc) is 2.89. The minimum absolute atomic E-state index is 0.121. The van der Waals surface area contributed by atoms with Crippen molar-refractivity contribution in [1.82, 2.24) is 0 Å². The smallest absolute Gasteiger partial charge is 0.0783 e. The topological polar surface area (TPSA) is 35.2 Å². The lowest BCUT2D eigenvalue weighted by molar-refractivity contribution is -0.0834. The van der Waals surface area contributed by atoms with Crippen molar-refractivity contribution in [1.29, 1.82) is 0 Å². The van der Waals surface area contributed by atoms with E-state index < -0.39 is 0 Å². The second-order valence-electron chi connectivity index (χ2n) is 6.12. The van der Waals surface area contributed by atoms with Crippen molar-refractivity contribution in [3.63, 3.8) is 0 Å². The van der Waals surface area contributed by atoms with Gasteiger partial charge in [-0.3, -0.25) is 0 Å². The maximum atomic E-state index is 6.56. The number of thioether (sulfide) groups is 1. The van der Waals surface area contributed by atoms with Gasteiger partial charge in [0.05, 0.1) is 5.60 Å². The maximum Gasteiger partial charge on any atom is 0.0783 e. The van der Waals surface area contributed by atoms with Crippen LogP contribution in [0.3, 0.4) is 0 Å². The molecular formula is C16H22BrNOS. The average molecular weight is 356 g/mol. The Bertz CT molecular complexity index is 487. The fourth-order valence-electron chi connectivity index (χ4n) is 3.38. The van der Waals surface area contributed by atoms with Crippen molar-refractivity contribution in [2.24, 2.45) is 11.7 Å². The van der Waals surface area contributed by atoms with E-state index in [0.717, 1.165) is 29.7 Å². The van der Waals surface area contributed by atoms with Gasteiger partial charge >= 0.3 is 0 Å². The molecule has 3 rings (SSSR count). The normalized spacial score (nSPS) is 31.6. The first kappa shape index (κ1) is 14.9. The Balaban J connectivity index is 1.75. The van der Waals surface area contributed by atoms with E-state index in [1.807, 2.05) is 11.8 Å². The molecule has 0 amide bonds. The van der Waals surface area contributed by atoms with Crippen molar-refractivity contribution >= 4 is 27.7 Å². The summed E-state index contributed by atoms with van der Waals surface area (Å²) in [4.78, 5) is 0. The highest BCUT2D eigenvalue weighted by Crippen LogP contribution is 2.43. The fourth-order valence-corrected chi connectivity index (χ4v) is 5.01. The van der Waals surface area contributed by atoms with Gasteiger partial charge in [0.15, 0.2) is 0 Å². The van der Waals surface area contributed by atoms with Gasteiger partial charge in [0.2, 0.25) is 0 Å². The van der Waals surface area contributed by atoms with Crippen LogP contribution in [-0.4, -0.2) is 23.7 Å². The molecule has 4 heteroatoms. The minimum Gasteiger partial charge on any atom is -0.374 e. The van der Waals surface area contributed by atoms with Crippen molar-refractivity contribution in [2.45, 2.75) is 37.8 Å². The van der Waals surface area contributed by atoms with Crippen LogP contribution in [0.4, 0.5) is 0 Å². The Morgan fingerprint density at radius 2 is 2.35 bits per heavy atom. The summed E-state index contributed by atoms with van der Waals surface area (Å²) in [5, 5.41) is 0. The number of aryl methyl sites for hydroxylation is 1. The third-order valence-electron chi connectivity index (χ3n) is 4.67. The Labute approximate surface area is 134 Å². The molecule has 1 aromatic carbocycles. The molecule has 3 unspecified atom stereocenters. The van der Waals surface area contributed by atoms with Gasteiger partial charge in [0, 0.05) is 22.9 Å². The molecule has 20 heavy (non-hydrogen) atoms. The first-order valence-electron chi connectivity index (χ1n) is 7.33. The van der Waals surface area contributed by atoms with Gasteiger partial charge in [-0.25, -0.2) is 0 Å². The number of halogens is 1. The summed E-state index contributed by atoms with van der Waals surface area (Å²) < 4.78 is 7.26. The number of benzene rings is 1. The summed E-state index contributed by atoms with van der Waals surface area (Å²) in [7, 11) is 0. The number of hydrogen-bond donors (Lipinski definition) is 1. The Kier molecular flexibility index (Phi) is 4.46. The van der Waals surface area contributed by atoms with Crippen LogP contribution in [0, 0.1) is 12.8 Å². The number of hydrogen-bond acceptors (Lipinski definition) is 3. The molecular weight excluding hydrogens is 334 g/mol. The molecule has 110 valence electrons. The molecule has 2 aliphatic rings. The van der Waals surface area contributed by atoms with E-state index in [9.17, 15) is 0 Å². The van der Waals surface area contributed by atoms with Crippen LogP contribution >= 0.6 is 27.7 Å². The van der Waals surface area contributed by atoms with Crippen molar-refractivity contribution in [3.8, 4) is 0 Å². The van der Waals surface area contributed by atoms with Crippen LogP contribution in [0.15, 0.2) is 22.7 Å². The maximum absolute atomic E-state index is 6.56. The zero-order valence-corrected chi connectivity index (χ0v) is 14.3. The molecule has 2 fully saturated rings. The van der Waals surface area contributed by atoms with Gasteiger partial charge < -0.3 is 10.5 Å². The summed E-state index contributed by atoms with van der Waals surface area (Å²) in [6, 6.07) is 6.63. The summed E-state index contributed by atoms with van der Waals surface area (Å²) >= 11 is 5.58. The van der Waals surface area contributed by atoms with E-state index in [-0.39, 0.29) is 11.6 Å². The van der Waals surface area contributed by atoms with Crippen molar-refractivity contribution < 1.29 is 4.74 Å².